The van der Waals surface area contributed by atoms with Crippen molar-refractivity contribution in [3.05, 3.63) is 22.4 Å². The summed E-state index contributed by atoms with van der Waals surface area (Å²) in [6.45, 7) is 5.48. The molecular formula is C18H29N3O2S. The normalized spacial score (nSPS) is 22.7. The predicted molar refractivity (Wildman–Crippen MR) is 97.5 cm³/mol. The molecule has 3 rings (SSSR count). The van der Waals surface area contributed by atoms with Gasteiger partial charge in [0.2, 0.25) is 0 Å². The number of urea groups is 1. The van der Waals surface area contributed by atoms with Crippen LogP contribution in [-0.2, 0) is 4.74 Å². The molecule has 24 heavy (non-hydrogen) atoms. The Labute approximate surface area is 148 Å². The van der Waals surface area contributed by atoms with Crippen molar-refractivity contribution in [1.82, 2.24) is 15.5 Å². The van der Waals surface area contributed by atoms with E-state index >= 15 is 0 Å². The van der Waals surface area contributed by atoms with Crippen molar-refractivity contribution in [3.8, 4) is 0 Å². The number of nitrogens with zero attached hydrogens (tertiary/aromatic N) is 1. The van der Waals surface area contributed by atoms with Gasteiger partial charge in [-0.1, -0.05) is 25.3 Å². The average Bonchev–Trinajstić information content (AvgIpc) is 3.11. The zero-order valence-electron chi connectivity index (χ0n) is 14.5. The van der Waals surface area contributed by atoms with Gasteiger partial charge in [-0.15, -0.1) is 11.3 Å². The molecular weight excluding hydrogens is 322 g/mol. The zero-order chi connectivity index (χ0) is 16.8. The van der Waals surface area contributed by atoms with Crippen molar-refractivity contribution < 1.29 is 9.53 Å². The van der Waals surface area contributed by atoms with E-state index in [2.05, 4.69) is 40.0 Å². The maximum Gasteiger partial charge on any atom is 0.315 e. The van der Waals surface area contributed by atoms with Gasteiger partial charge < -0.3 is 15.4 Å². The fraction of sp³-hybridized carbons (Fsp3) is 0.722. The van der Waals surface area contributed by atoms with Crippen LogP contribution in [0.3, 0.4) is 0 Å². The van der Waals surface area contributed by atoms with Gasteiger partial charge in [0.15, 0.2) is 0 Å². The molecule has 0 bridgehead atoms. The highest BCUT2D eigenvalue weighted by Gasteiger charge is 2.29. The minimum Gasteiger partial charge on any atom is -0.379 e. The molecule has 134 valence electrons. The van der Waals surface area contributed by atoms with Crippen molar-refractivity contribution in [3.63, 3.8) is 0 Å². The summed E-state index contributed by atoms with van der Waals surface area (Å²) in [5.74, 6) is 0. The third-order valence-corrected chi connectivity index (χ3v) is 5.99. The fourth-order valence-corrected chi connectivity index (χ4v) is 4.78. The zero-order valence-corrected chi connectivity index (χ0v) is 15.3. The summed E-state index contributed by atoms with van der Waals surface area (Å²) < 4.78 is 5.49. The molecule has 1 aliphatic carbocycles. The van der Waals surface area contributed by atoms with Gasteiger partial charge >= 0.3 is 6.03 Å². The number of nitrogens with one attached hydrogen (secondary N) is 2. The second-order valence-electron chi connectivity index (χ2n) is 6.85. The van der Waals surface area contributed by atoms with Gasteiger partial charge in [0, 0.05) is 30.1 Å². The molecule has 0 unspecified atom stereocenters. The highest BCUT2D eigenvalue weighted by atomic mass is 32.1. The average molecular weight is 352 g/mol. The van der Waals surface area contributed by atoms with E-state index in [1.807, 2.05) is 0 Å². The van der Waals surface area contributed by atoms with E-state index in [1.165, 1.54) is 24.1 Å². The summed E-state index contributed by atoms with van der Waals surface area (Å²) in [5, 5.41) is 8.46. The molecule has 2 heterocycles. The number of hydrogen-bond donors (Lipinski definition) is 2. The number of carbonyl (C=O) groups excluding carboxylic acids is 1. The van der Waals surface area contributed by atoms with Crippen LogP contribution >= 0.6 is 11.3 Å². The van der Waals surface area contributed by atoms with Crippen molar-refractivity contribution in [2.45, 2.75) is 57.2 Å². The van der Waals surface area contributed by atoms with E-state index in [0.717, 1.165) is 39.1 Å². The van der Waals surface area contributed by atoms with E-state index in [0.29, 0.717) is 6.04 Å². The van der Waals surface area contributed by atoms with Crippen molar-refractivity contribution in [2.75, 3.05) is 26.3 Å². The van der Waals surface area contributed by atoms with Crippen LogP contribution in [0.1, 0.15) is 49.9 Å². The molecule has 2 atom stereocenters. The maximum atomic E-state index is 12.4. The first-order valence-electron chi connectivity index (χ1n) is 9.16. The number of thiophene rings is 1. The Morgan fingerprint density at radius 2 is 2.04 bits per heavy atom. The molecule has 0 aromatic carbocycles. The van der Waals surface area contributed by atoms with Gasteiger partial charge in [-0.3, -0.25) is 4.90 Å². The topological polar surface area (TPSA) is 53.6 Å². The third kappa shape index (κ3) is 4.71. The van der Waals surface area contributed by atoms with Crippen LogP contribution in [0.5, 0.6) is 0 Å². The summed E-state index contributed by atoms with van der Waals surface area (Å²) in [6, 6.07) is 4.85. The highest BCUT2D eigenvalue weighted by molar-refractivity contribution is 7.10. The van der Waals surface area contributed by atoms with Gasteiger partial charge in [-0.05, 0) is 31.2 Å². The molecule has 1 saturated carbocycles. The molecule has 5 nitrogen and oxygen atoms in total. The first-order valence-corrected chi connectivity index (χ1v) is 10.0. The summed E-state index contributed by atoms with van der Waals surface area (Å²) in [7, 11) is 0. The van der Waals surface area contributed by atoms with Crippen molar-refractivity contribution in [2.24, 2.45) is 0 Å². The quantitative estimate of drug-likeness (QED) is 0.857. The minimum absolute atomic E-state index is 0.0239. The lowest BCUT2D eigenvalue weighted by Gasteiger charge is -2.37. The van der Waals surface area contributed by atoms with E-state index in [4.69, 9.17) is 4.74 Å². The third-order valence-electron chi connectivity index (χ3n) is 5.05. The van der Waals surface area contributed by atoms with Crippen molar-refractivity contribution in [1.29, 1.82) is 0 Å². The monoisotopic (exact) mass is 351 g/mol. The highest BCUT2D eigenvalue weighted by Crippen LogP contribution is 2.29. The van der Waals surface area contributed by atoms with Gasteiger partial charge in [0.25, 0.3) is 0 Å². The van der Waals surface area contributed by atoms with Crippen LogP contribution < -0.4 is 10.6 Å². The van der Waals surface area contributed by atoms with Gasteiger partial charge in [0.1, 0.15) is 0 Å². The lowest BCUT2D eigenvalue weighted by Crippen LogP contribution is -2.52. The Morgan fingerprint density at radius 1 is 1.29 bits per heavy atom. The molecule has 0 radical (unpaired) electrons. The standard InChI is InChI=1S/C18H29N3O2S/c1-14(19-18(22)20-15-6-3-2-4-7-15)17(16-8-5-13-24-16)21-9-11-23-12-10-21/h5,8,13-15,17H,2-4,6-7,9-12H2,1H3,(H2,19,20,22)/t14-,17-/m0/s1. The van der Waals surface area contributed by atoms with E-state index in [1.54, 1.807) is 11.3 Å². The van der Waals surface area contributed by atoms with E-state index in [-0.39, 0.29) is 18.1 Å². The first kappa shape index (κ1) is 17.7. The minimum atomic E-state index is -0.0239. The number of carbonyl (C=O) groups is 1. The number of hydrogen-bond acceptors (Lipinski definition) is 4. The number of morpholine rings is 1. The molecule has 2 N–H and O–H groups in total. The second kappa shape index (κ2) is 8.83. The Morgan fingerprint density at radius 3 is 2.71 bits per heavy atom. The lowest BCUT2D eigenvalue weighted by atomic mass is 9.96. The Hall–Kier alpha value is -1.11. The fourth-order valence-electron chi connectivity index (χ4n) is 3.82. The van der Waals surface area contributed by atoms with Gasteiger partial charge in [-0.25, -0.2) is 4.79 Å². The number of amides is 2. The summed E-state index contributed by atoms with van der Waals surface area (Å²) in [6.07, 6.45) is 5.98. The van der Waals surface area contributed by atoms with E-state index < -0.39 is 0 Å². The molecule has 2 amide bonds. The second-order valence-corrected chi connectivity index (χ2v) is 7.83. The van der Waals surface area contributed by atoms with Crippen LogP contribution in [0.2, 0.25) is 0 Å². The molecule has 2 fully saturated rings. The van der Waals surface area contributed by atoms with Crippen molar-refractivity contribution >= 4 is 17.4 Å². The first-order chi connectivity index (χ1) is 11.7. The molecule has 1 saturated heterocycles. The molecule has 1 aromatic rings. The van der Waals surface area contributed by atoms with Crippen LogP contribution in [0.15, 0.2) is 17.5 Å². The van der Waals surface area contributed by atoms with Gasteiger partial charge in [0.05, 0.1) is 19.3 Å². The molecule has 1 aromatic heterocycles. The van der Waals surface area contributed by atoms with Crippen LogP contribution in [0, 0.1) is 0 Å². The Kier molecular flexibility index (Phi) is 6.51. The predicted octanol–water partition coefficient (Wildman–Crippen LogP) is 3.14. The smallest absolute Gasteiger partial charge is 0.315 e. The van der Waals surface area contributed by atoms with Crippen LogP contribution in [0.4, 0.5) is 4.79 Å². The number of rotatable bonds is 5. The largest absolute Gasteiger partial charge is 0.379 e. The number of ether oxygens (including phenoxy) is 1. The summed E-state index contributed by atoms with van der Waals surface area (Å²) >= 11 is 1.76. The maximum absolute atomic E-state index is 12.4. The molecule has 0 spiro atoms. The lowest BCUT2D eigenvalue weighted by molar-refractivity contribution is 0.0104. The Balaban J connectivity index is 1.60. The molecule has 2 aliphatic rings. The SMILES string of the molecule is C[C@H](NC(=O)NC1CCCCC1)[C@@H](c1cccs1)N1CCOCC1. The summed E-state index contributed by atoms with van der Waals surface area (Å²) in [4.78, 5) is 16.2. The molecule has 6 heteroatoms. The van der Waals surface area contributed by atoms with Crippen LogP contribution in [0.25, 0.3) is 0 Å². The molecule has 1 aliphatic heterocycles. The summed E-state index contributed by atoms with van der Waals surface area (Å²) in [5.41, 5.74) is 0. The van der Waals surface area contributed by atoms with Gasteiger partial charge in [-0.2, -0.15) is 0 Å². The van der Waals surface area contributed by atoms with E-state index in [9.17, 15) is 4.79 Å². The van der Waals surface area contributed by atoms with Crippen LogP contribution in [-0.4, -0.2) is 49.3 Å². The Bertz CT molecular complexity index is 496.